The van der Waals surface area contributed by atoms with Crippen molar-refractivity contribution >= 4 is 24.5 Å². The second kappa shape index (κ2) is 7.49. The van der Waals surface area contributed by atoms with E-state index < -0.39 is 8.07 Å². The van der Waals surface area contributed by atoms with Crippen molar-refractivity contribution in [3.05, 3.63) is 95.9 Å². The van der Waals surface area contributed by atoms with Crippen LogP contribution in [0.2, 0.25) is 6.55 Å². The Morgan fingerprint density at radius 3 is 1.72 bits per heavy atom. The van der Waals surface area contributed by atoms with Gasteiger partial charge >= 0.3 is 0 Å². The Kier molecular flexibility index (Phi) is 5.15. The predicted molar refractivity (Wildman–Crippen MR) is 106 cm³/mol. The molecular weight excluding hydrogens is 327 g/mol. The van der Waals surface area contributed by atoms with Gasteiger partial charge in [0, 0.05) is 0 Å². The Morgan fingerprint density at radius 1 is 0.800 bits per heavy atom. The first-order chi connectivity index (χ1) is 12.1. The largest absolute Gasteiger partial charge is 0.497 e. The summed E-state index contributed by atoms with van der Waals surface area (Å²) in [7, 11) is -1.02. The van der Waals surface area contributed by atoms with E-state index in [1.165, 1.54) is 0 Å². The zero-order chi connectivity index (χ0) is 17.7. The van der Waals surface area contributed by atoms with Crippen molar-refractivity contribution < 1.29 is 9.13 Å². The van der Waals surface area contributed by atoms with Crippen LogP contribution in [0.5, 0.6) is 5.75 Å². The molecule has 0 heterocycles. The maximum Gasteiger partial charge on any atom is 0.181 e. The Bertz CT molecular complexity index is 803. The van der Waals surface area contributed by atoms with Gasteiger partial charge in [0.25, 0.3) is 0 Å². The van der Waals surface area contributed by atoms with Crippen LogP contribution in [0, 0.1) is 0 Å². The van der Waals surface area contributed by atoms with Gasteiger partial charge in [-0.1, -0.05) is 79.3 Å². The molecule has 3 rings (SSSR count). The van der Waals surface area contributed by atoms with E-state index in [0.29, 0.717) is 0 Å². The van der Waals surface area contributed by atoms with Crippen LogP contribution in [-0.4, -0.2) is 15.2 Å². The maximum absolute atomic E-state index is 15.6. The average Bonchev–Trinajstić information content (AvgIpc) is 2.69. The summed E-state index contributed by atoms with van der Waals surface area (Å²) in [6, 6.07) is 27.4. The van der Waals surface area contributed by atoms with Gasteiger partial charge in [-0.15, -0.1) is 0 Å². The molecule has 0 amide bonds. The lowest BCUT2D eigenvalue weighted by Gasteiger charge is -2.27. The van der Waals surface area contributed by atoms with E-state index in [0.717, 1.165) is 21.7 Å². The molecule has 3 heteroatoms. The lowest BCUT2D eigenvalue weighted by molar-refractivity contribution is 0.415. The summed E-state index contributed by atoms with van der Waals surface area (Å²) in [6.45, 7) is 2.06. The van der Waals surface area contributed by atoms with E-state index >= 15 is 4.39 Å². The number of methoxy groups -OCH3 is 1. The van der Waals surface area contributed by atoms with Gasteiger partial charge in [-0.2, -0.15) is 0 Å². The molecular formula is C22H21FOSi. The second-order valence-corrected chi connectivity index (χ2v) is 10.0. The van der Waals surface area contributed by atoms with Crippen LogP contribution in [-0.2, 0) is 0 Å². The quantitative estimate of drug-likeness (QED) is 0.620. The molecule has 1 nitrogen and oxygen atoms in total. The molecule has 0 N–H and O–H groups in total. The molecule has 0 aliphatic heterocycles. The Labute approximate surface area is 149 Å². The van der Waals surface area contributed by atoms with E-state index in [9.17, 15) is 0 Å². The van der Waals surface area contributed by atoms with Crippen LogP contribution in [0.1, 0.15) is 5.56 Å². The van der Waals surface area contributed by atoms with Crippen molar-refractivity contribution in [1.29, 1.82) is 0 Å². The van der Waals surface area contributed by atoms with E-state index in [4.69, 9.17) is 4.74 Å². The molecule has 25 heavy (non-hydrogen) atoms. The second-order valence-electron chi connectivity index (χ2n) is 6.12. The van der Waals surface area contributed by atoms with Gasteiger partial charge in [0.05, 0.1) is 12.6 Å². The van der Waals surface area contributed by atoms with E-state index in [1.54, 1.807) is 13.2 Å². The van der Waals surface area contributed by atoms with Crippen LogP contribution in [0.3, 0.4) is 0 Å². The summed E-state index contributed by atoms with van der Waals surface area (Å²) in [4.78, 5) is 0. The molecule has 0 aromatic heterocycles. The van der Waals surface area contributed by atoms with Crippen LogP contribution < -0.4 is 15.1 Å². The SMILES string of the molecule is COc1ccc(/C=C(\F)[Si](C)(c2ccccc2)c2ccccc2)cc1. The van der Waals surface area contributed by atoms with Gasteiger partial charge in [-0.05, 0) is 34.1 Å². The van der Waals surface area contributed by atoms with Gasteiger partial charge < -0.3 is 4.74 Å². The Hall–Kier alpha value is -2.65. The van der Waals surface area contributed by atoms with Gasteiger partial charge in [0.15, 0.2) is 8.07 Å². The molecule has 0 saturated heterocycles. The fourth-order valence-corrected chi connectivity index (χ4v) is 6.03. The number of rotatable bonds is 5. The summed E-state index contributed by atoms with van der Waals surface area (Å²) < 4.78 is 20.8. The highest BCUT2D eigenvalue weighted by Crippen LogP contribution is 2.22. The first-order valence-corrected chi connectivity index (χ1v) is 10.8. The van der Waals surface area contributed by atoms with E-state index in [1.807, 2.05) is 84.9 Å². The van der Waals surface area contributed by atoms with Crippen molar-refractivity contribution in [3.8, 4) is 5.75 Å². The molecule has 126 valence electrons. The summed E-state index contributed by atoms with van der Waals surface area (Å²) in [5, 5.41) is 2.12. The number of hydrogen-bond acceptors (Lipinski definition) is 1. The highest BCUT2D eigenvalue weighted by molar-refractivity contribution is 7.06. The van der Waals surface area contributed by atoms with Crippen molar-refractivity contribution in [2.45, 2.75) is 6.55 Å². The van der Waals surface area contributed by atoms with Gasteiger partial charge in [-0.25, -0.2) is 4.39 Å². The average molecular weight is 348 g/mol. The molecule has 0 radical (unpaired) electrons. The van der Waals surface area contributed by atoms with Gasteiger partial charge in [0.2, 0.25) is 0 Å². The predicted octanol–water partition coefficient (Wildman–Crippen LogP) is 4.44. The minimum Gasteiger partial charge on any atom is -0.497 e. The zero-order valence-electron chi connectivity index (χ0n) is 14.4. The molecule has 0 unspecified atom stereocenters. The number of halogens is 1. The smallest absolute Gasteiger partial charge is 0.181 e. The molecule has 3 aromatic rings. The summed E-state index contributed by atoms with van der Waals surface area (Å²) in [5.41, 5.74) is 0.777. The fourth-order valence-electron chi connectivity index (χ4n) is 2.98. The van der Waals surface area contributed by atoms with Crippen LogP contribution in [0.4, 0.5) is 4.39 Å². The minimum absolute atomic E-state index is 0.0601. The lowest BCUT2D eigenvalue weighted by atomic mass is 10.2. The van der Waals surface area contributed by atoms with Crippen LogP contribution >= 0.6 is 0 Å². The summed E-state index contributed by atoms with van der Waals surface area (Å²) >= 11 is 0. The molecule has 3 aromatic carbocycles. The molecule has 0 aliphatic rings. The van der Waals surface area contributed by atoms with E-state index in [-0.39, 0.29) is 5.45 Å². The van der Waals surface area contributed by atoms with Gasteiger partial charge in [0.1, 0.15) is 5.75 Å². The molecule has 0 saturated carbocycles. The van der Waals surface area contributed by atoms with Crippen molar-refractivity contribution in [1.82, 2.24) is 0 Å². The maximum atomic E-state index is 15.6. The Balaban J connectivity index is 2.09. The Morgan fingerprint density at radius 2 is 1.28 bits per heavy atom. The van der Waals surface area contributed by atoms with Crippen LogP contribution in [0.25, 0.3) is 6.08 Å². The van der Waals surface area contributed by atoms with E-state index in [2.05, 4.69) is 6.55 Å². The molecule has 0 bridgehead atoms. The van der Waals surface area contributed by atoms with Crippen molar-refractivity contribution in [2.75, 3.05) is 7.11 Å². The van der Waals surface area contributed by atoms with Gasteiger partial charge in [-0.3, -0.25) is 0 Å². The monoisotopic (exact) mass is 348 g/mol. The highest BCUT2D eigenvalue weighted by atomic mass is 28.3. The first-order valence-electron chi connectivity index (χ1n) is 8.27. The zero-order valence-corrected chi connectivity index (χ0v) is 15.4. The highest BCUT2D eigenvalue weighted by Gasteiger charge is 2.37. The third-order valence-electron chi connectivity index (χ3n) is 4.59. The number of benzene rings is 3. The third kappa shape index (κ3) is 3.56. The lowest BCUT2D eigenvalue weighted by Crippen LogP contribution is -2.56. The fraction of sp³-hybridized carbons (Fsp3) is 0.0909. The topological polar surface area (TPSA) is 9.23 Å². The molecule has 0 spiro atoms. The molecule has 0 fully saturated rings. The molecule has 0 atom stereocenters. The van der Waals surface area contributed by atoms with Crippen molar-refractivity contribution in [2.24, 2.45) is 0 Å². The summed E-state index contributed by atoms with van der Waals surface area (Å²) in [5.74, 6) is 0.767. The third-order valence-corrected chi connectivity index (χ3v) is 8.66. The van der Waals surface area contributed by atoms with Crippen LogP contribution in [0.15, 0.2) is 90.4 Å². The normalized spacial score (nSPS) is 12.0. The standard InChI is InChI=1S/C22H21FOSi/c1-24-19-15-13-18(14-16-19)17-22(23)25(2,20-9-5-3-6-10-20)21-11-7-4-8-12-21/h3-17H,1-2H3/b22-17+. The number of ether oxygens (including phenoxy) is 1. The minimum atomic E-state index is -2.65. The number of hydrogen-bond donors (Lipinski definition) is 0. The van der Waals surface area contributed by atoms with Crippen molar-refractivity contribution in [3.63, 3.8) is 0 Å². The summed E-state index contributed by atoms with van der Waals surface area (Å²) in [6.07, 6.45) is 1.66. The molecule has 0 aliphatic carbocycles. The first kappa shape index (κ1) is 17.2.